The first-order valence-electron chi connectivity index (χ1n) is 7.21. The fourth-order valence-corrected chi connectivity index (χ4v) is 2.00. The maximum absolute atomic E-state index is 12.6. The van der Waals surface area contributed by atoms with E-state index in [2.05, 4.69) is 5.32 Å². The highest BCUT2D eigenvalue weighted by atomic mass is 19.4. The van der Waals surface area contributed by atoms with Crippen LogP contribution in [0.4, 0.5) is 18.0 Å². The van der Waals surface area contributed by atoms with E-state index in [0.29, 0.717) is 5.56 Å². The lowest BCUT2D eigenvalue weighted by Gasteiger charge is -2.26. The van der Waals surface area contributed by atoms with Gasteiger partial charge in [0, 0.05) is 5.92 Å². The molecular formula is C16H22F3NO3. The van der Waals surface area contributed by atoms with Crippen molar-refractivity contribution in [1.29, 1.82) is 0 Å². The number of nitrogens with one attached hydrogen (secondary N) is 1. The van der Waals surface area contributed by atoms with Crippen LogP contribution in [0.2, 0.25) is 0 Å². The first-order valence-corrected chi connectivity index (χ1v) is 7.21. The Balaban J connectivity index is 2.80. The summed E-state index contributed by atoms with van der Waals surface area (Å²) in [6.07, 6.45) is -5.08. The molecule has 2 N–H and O–H groups in total. The maximum atomic E-state index is 12.6. The Morgan fingerprint density at radius 1 is 1.22 bits per heavy atom. The van der Waals surface area contributed by atoms with Crippen LogP contribution in [-0.2, 0) is 10.9 Å². The molecule has 0 bridgehead atoms. The molecule has 130 valence electrons. The Morgan fingerprint density at radius 3 is 2.13 bits per heavy atom. The summed E-state index contributed by atoms with van der Waals surface area (Å²) in [5.41, 5.74) is -0.844. The topological polar surface area (TPSA) is 58.6 Å². The van der Waals surface area contributed by atoms with Crippen molar-refractivity contribution in [2.75, 3.05) is 6.61 Å². The zero-order chi connectivity index (χ0) is 17.8. The highest BCUT2D eigenvalue weighted by Gasteiger charge is 2.30. The van der Waals surface area contributed by atoms with E-state index in [4.69, 9.17) is 4.74 Å². The van der Waals surface area contributed by atoms with Crippen LogP contribution in [-0.4, -0.2) is 29.4 Å². The molecule has 0 saturated carbocycles. The number of halogens is 3. The smallest absolute Gasteiger partial charge is 0.416 e. The number of rotatable bonds is 4. The Hall–Kier alpha value is -1.76. The average molecular weight is 333 g/mol. The minimum Gasteiger partial charge on any atom is -0.444 e. The summed E-state index contributed by atoms with van der Waals surface area (Å²) in [5.74, 6) is -0.380. The number of hydrogen-bond donors (Lipinski definition) is 2. The molecule has 0 spiro atoms. The fraction of sp³-hybridized carbons (Fsp3) is 0.562. The number of hydrogen-bond acceptors (Lipinski definition) is 3. The number of carbonyl (C=O) groups is 1. The molecule has 0 aliphatic carbocycles. The zero-order valence-electron chi connectivity index (χ0n) is 13.6. The molecule has 0 saturated heterocycles. The van der Waals surface area contributed by atoms with Gasteiger partial charge in [0.1, 0.15) is 5.60 Å². The van der Waals surface area contributed by atoms with Crippen molar-refractivity contribution in [2.45, 2.75) is 51.4 Å². The fourth-order valence-electron chi connectivity index (χ4n) is 2.00. The number of aliphatic hydroxyl groups excluding tert-OH is 1. The number of ether oxygens (including phenoxy) is 1. The molecule has 7 heteroatoms. The average Bonchev–Trinajstić information content (AvgIpc) is 2.41. The molecule has 1 aromatic rings. The lowest BCUT2D eigenvalue weighted by atomic mass is 9.93. The monoisotopic (exact) mass is 333 g/mol. The standard InChI is InChI=1S/C16H22F3NO3/c1-10(11-5-7-12(8-6-11)16(17,18)19)13(9-21)20-14(22)23-15(2,3)4/h5-8,10,13,21H,9H2,1-4H3,(H,20,22). The Labute approximate surface area is 133 Å². The lowest BCUT2D eigenvalue weighted by Crippen LogP contribution is -2.43. The second-order valence-corrected chi connectivity index (χ2v) is 6.34. The van der Waals surface area contributed by atoms with Gasteiger partial charge in [-0.1, -0.05) is 19.1 Å². The number of aliphatic hydroxyl groups is 1. The van der Waals surface area contributed by atoms with Crippen LogP contribution in [0.1, 0.15) is 44.7 Å². The molecule has 0 aliphatic heterocycles. The molecule has 0 fully saturated rings. The van der Waals surface area contributed by atoms with Crippen molar-refractivity contribution in [2.24, 2.45) is 0 Å². The summed E-state index contributed by atoms with van der Waals surface area (Å²) in [7, 11) is 0. The molecule has 2 unspecified atom stereocenters. The first-order chi connectivity index (χ1) is 10.4. The minimum absolute atomic E-state index is 0.360. The van der Waals surface area contributed by atoms with E-state index in [1.807, 2.05) is 0 Å². The molecule has 0 aromatic heterocycles. The van der Waals surface area contributed by atoms with Gasteiger partial charge in [0.05, 0.1) is 18.2 Å². The van der Waals surface area contributed by atoms with Crippen LogP contribution >= 0.6 is 0 Å². The lowest BCUT2D eigenvalue weighted by molar-refractivity contribution is -0.137. The van der Waals surface area contributed by atoms with Crippen LogP contribution < -0.4 is 5.32 Å². The summed E-state index contributed by atoms with van der Waals surface area (Å²) >= 11 is 0. The highest BCUT2D eigenvalue weighted by Crippen LogP contribution is 2.30. The zero-order valence-corrected chi connectivity index (χ0v) is 13.6. The second kappa shape index (κ2) is 7.21. The second-order valence-electron chi connectivity index (χ2n) is 6.34. The molecule has 2 atom stereocenters. The minimum atomic E-state index is -4.40. The molecule has 1 aromatic carbocycles. The first kappa shape index (κ1) is 19.3. The number of alkyl halides is 3. The molecule has 23 heavy (non-hydrogen) atoms. The number of benzene rings is 1. The number of carbonyl (C=O) groups excluding carboxylic acids is 1. The van der Waals surface area contributed by atoms with E-state index in [-0.39, 0.29) is 12.5 Å². The SMILES string of the molecule is CC(c1ccc(C(F)(F)F)cc1)C(CO)NC(=O)OC(C)(C)C. The van der Waals surface area contributed by atoms with Crippen molar-refractivity contribution in [1.82, 2.24) is 5.32 Å². The Morgan fingerprint density at radius 2 is 1.74 bits per heavy atom. The Bertz CT molecular complexity index is 521. The largest absolute Gasteiger partial charge is 0.444 e. The van der Waals surface area contributed by atoms with Gasteiger partial charge in [0.25, 0.3) is 0 Å². The Kier molecular flexibility index (Phi) is 6.04. The van der Waals surface area contributed by atoms with E-state index in [1.54, 1.807) is 27.7 Å². The van der Waals surface area contributed by atoms with Gasteiger partial charge in [-0.2, -0.15) is 13.2 Å². The van der Waals surface area contributed by atoms with Crippen LogP contribution in [0.3, 0.4) is 0 Å². The third-order valence-corrected chi connectivity index (χ3v) is 3.27. The summed E-state index contributed by atoms with van der Waals surface area (Å²) in [6.45, 7) is 6.47. The van der Waals surface area contributed by atoms with Crippen LogP contribution in [0.5, 0.6) is 0 Å². The van der Waals surface area contributed by atoms with E-state index in [9.17, 15) is 23.1 Å². The molecular weight excluding hydrogens is 311 g/mol. The van der Waals surface area contributed by atoms with Gasteiger partial charge in [-0.3, -0.25) is 0 Å². The van der Waals surface area contributed by atoms with Gasteiger partial charge in [-0.25, -0.2) is 4.79 Å². The van der Waals surface area contributed by atoms with Crippen LogP contribution in [0.15, 0.2) is 24.3 Å². The third-order valence-electron chi connectivity index (χ3n) is 3.27. The molecule has 1 amide bonds. The van der Waals surface area contributed by atoms with Crippen molar-refractivity contribution in [3.8, 4) is 0 Å². The van der Waals surface area contributed by atoms with E-state index < -0.39 is 29.5 Å². The van der Waals surface area contributed by atoms with Gasteiger partial charge in [0.2, 0.25) is 0 Å². The number of amides is 1. The molecule has 0 radical (unpaired) electrons. The predicted molar refractivity (Wildman–Crippen MR) is 80.1 cm³/mol. The van der Waals surface area contributed by atoms with E-state index in [0.717, 1.165) is 12.1 Å². The van der Waals surface area contributed by atoms with Crippen LogP contribution in [0, 0.1) is 0 Å². The maximum Gasteiger partial charge on any atom is 0.416 e. The van der Waals surface area contributed by atoms with Gasteiger partial charge >= 0.3 is 12.3 Å². The molecule has 1 rings (SSSR count). The molecule has 4 nitrogen and oxygen atoms in total. The van der Waals surface area contributed by atoms with E-state index >= 15 is 0 Å². The van der Waals surface area contributed by atoms with Crippen molar-refractivity contribution in [3.63, 3.8) is 0 Å². The summed E-state index contributed by atoms with van der Waals surface area (Å²) in [4.78, 5) is 11.8. The normalized spacial score (nSPS) is 15.0. The highest BCUT2D eigenvalue weighted by molar-refractivity contribution is 5.68. The summed E-state index contributed by atoms with van der Waals surface area (Å²) < 4.78 is 42.8. The van der Waals surface area contributed by atoms with Gasteiger partial charge in [-0.05, 0) is 38.5 Å². The van der Waals surface area contributed by atoms with Crippen molar-refractivity contribution >= 4 is 6.09 Å². The van der Waals surface area contributed by atoms with E-state index in [1.165, 1.54) is 12.1 Å². The molecule has 0 aliphatic rings. The summed E-state index contributed by atoms with van der Waals surface area (Å²) in [5, 5.41) is 12.0. The van der Waals surface area contributed by atoms with Crippen molar-refractivity contribution < 1.29 is 27.8 Å². The van der Waals surface area contributed by atoms with Gasteiger partial charge < -0.3 is 15.2 Å². The van der Waals surface area contributed by atoms with Crippen molar-refractivity contribution in [3.05, 3.63) is 35.4 Å². The quantitative estimate of drug-likeness (QED) is 0.883. The third kappa shape index (κ3) is 6.09. The van der Waals surface area contributed by atoms with Crippen LogP contribution in [0.25, 0.3) is 0 Å². The summed E-state index contributed by atoms with van der Waals surface area (Å²) in [6, 6.07) is 3.98. The predicted octanol–water partition coefficient (Wildman–Crippen LogP) is 3.69. The molecule has 0 heterocycles. The van der Waals surface area contributed by atoms with Gasteiger partial charge in [-0.15, -0.1) is 0 Å². The number of alkyl carbamates (subject to hydrolysis) is 1. The van der Waals surface area contributed by atoms with Gasteiger partial charge in [0.15, 0.2) is 0 Å².